The standard InChI is InChI=1S/C18H26N2O3S/c1-15-8-6-7-11-17(15)19-18(21)14-20(2)24(22,23)13-12-16-9-4-3-5-10-16/h3-5,9-10,12-13,15,17H,6-8,11,14H2,1-2H3,(H,19,21)/b13-12+/t15-,17-/m0/s1. The van der Waals surface area contributed by atoms with Gasteiger partial charge >= 0.3 is 0 Å². The van der Waals surface area contributed by atoms with Crippen molar-refractivity contribution < 1.29 is 13.2 Å². The Balaban J connectivity index is 1.91. The Morgan fingerprint density at radius 1 is 1.25 bits per heavy atom. The van der Waals surface area contributed by atoms with Gasteiger partial charge in [0.2, 0.25) is 15.9 Å². The van der Waals surface area contributed by atoms with E-state index in [0.29, 0.717) is 5.92 Å². The average Bonchev–Trinajstić information content (AvgIpc) is 2.56. The highest BCUT2D eigenvalue weighted by Gasteiger charge is 2.24. The lowest BCUT2D eigenvalue weighted by Crippen LogP contribution is -2.45. The second-order valence-corrected chi connectivity index (χ2v) is 8.38. The number of carbonyl (C=O) groups excluding carboxylic acids is 1. The number of rotatable bonds is 6. The van der Waals surface area contributed by atoms with Gasteiger partial charge in [-0.15, -0.1) is 0 Å². The van der Waals surface area contributed by atoms with Gasteiger partial charge in [-0.05, 0) is 30.4 Å². The monoisotopic (exact) mass is 350 g/mol. The summed E-state index contributed by atoms with van der Waals surface area (Å²) in [5.74, 6) is 0.204. The summed E-state index contributed by atoms with van der Waals surface area (Å²) in [6.07, 6.45) is 5.93. The Bertz CT molecular complexity index is 671. The summed E-state index contributed by atoms with van der Waals surface area (Å²) in [5.41, 5.74) is 0.801. The van der Waals surface area contributed by atoms with Gasteiger partial charge in [-0.2, -0.15) is 4.31 Å². The van der Waals surface area contributed by atoms with E-state index < -0.39 is 10.0 Å². The van der Waals surface area contributed by atoms with E-state index in [-0.39, 0.29) is 18.5 Å². The molecule has 2 atom stereocenters. The van der Waals surface area contributed by atoms with Crippen molar-refractivity contribution in [1.82, 2.24) is 9.62 Å². The first-order valence-electron chi connectivity index (χ1n) is 8.37. The molecule has 1 amide bonds. The van der Waals surface area contributed by atoms with Gasteiger partial charge in [0.1, 0.15) is 0 Å². The minimum absolute atomic E-state index is 0.155. The molecule has 0 aliphatic heterocycles. The van der Waals surface area contributed by atoms with E-state index in [0.717, 1.165) is 34.5 Å². The van der Waals surface area contributed by atoms with Gasteiger partial charge in [0.05, 0.1) is 6.54 Å². The summed E-state index contributed by atoms with van der Waals surface area (Å²) in [6, 6.07) is 9.35. The van der Waals surface area contributed by atoms with Crippen molar-refractivity contribution in [3.8, 4) is 0 Å². The molecule has 0 unspecified atom stereocenters. The highest BCUT2D eigenvalue weighted by Crippen LogP contribution is 2.23. The molecule has 1 fully saturated rings. The van der Waals surface area contributed by atoms with Crippen molar-refractivity contribution in [3.63, 3.8) is 0 Å². The van der Waals surface area contributed by atoms with Gasteiger partial charge in [-0.25, -0.2) is 8.42 Å². The van der Waals surface area contributed by atoms with Gasteiger partial charge in [0, 0.05) is 18.5 Å². The minimum Gasteiger partial charge on any atom is -0.352 e. The van der Waals surface area contributed by atoms with Crippen molar-refractivity contribution in [1.29, 1.82) is 0 Å². The molecule has 0 aromatic heterocycles. The molecule has 0 saturated heterocycles. The summed E-state index contributed by atoms with van der Waals surface area (Å²) in [7, 11) is -2.19. The molecule has 0 spiro atoms. The van der Waals surface area contributed by atoms with E-state index in [1.54, 1.807) is 0 Å². The van der Waals surface area contributed by atoms with Gasteiger partial charge in [0.15, 0.2) is 0 Å². The van der Waals surface area contributed by atoms with Crippen LogP contribution in [0.1, 0.15) is 38.2 Å². The van der Waals surface area contributed by atoms with E-state index in [1.165, 1.54) is 19.5 Å². The summed E-state index contributed by atoms with van der Waals surface area (Å²) in [6.45, 7) is 1.97. The van der Waals surface area contributed by atoms with Crippen LogP contribution in [0.25, 0.3) is 6.08 Å². The Morgan fingerprint density at radius 2 is 1.92 bits per heavy atom. The largest absolute Gasteiger partial charge is 0.352 e. The van der Waals surface area contributed by atoms with Crippen LogP contribution in [0.4, 0.5) is 0 Å². The zero-order valence-corrected chi connectivity index (χ0v) is 15.1. The van der Waals surface area contributed by atoms with E-state index >= 15 is 0 Å². The SMILES string of the molecule is C[C@H]1CCCC[C@@H]1NC(=O)CN(C)S(=O)(=O)/C=C/c1ccccc1. The average molecular weight is 350 g/mol. The number of hydrogen-bond donors (Lipinski definition) is 1. The number of hydrogen-bond acceptors (Lipinski definition) is 3. The predicted molar refractivity (Wildman–Crippen MR) is 96.6 cm³/mol. The number of amides is 1. The third kappa shape index (κ3) is 5.46. The molecule has 0 radical (unpaired) electrons. The Morgan fingerprint density at radius 3 is 2.58 bits per heavy atom. The molecular formula is C18H26N2O3S. The fourth-order valence-corrected chi connectivity index (χ4v) is 3.74. The molecule has 132 valence electrons. The van der Waals surface area contributed by atoms with Crippen LogP contribution in [0.15, 0.2) is 35.7 Å². The van der Waals surface area contributed by atoms with Crippen molar-refractivity contribution >= 4 is 22.0 Å². The smallest absolute Gasteiger partial charge is 0.236 e. The minimum atomic E-state index is -3.62. The summed E-state index contributed by atoms with van der Waals surface area (Å²) in [4.78, 5) is 12.1. The summed E-state index contributed by atoms with van der Waals surface area (Å²) >= 11 is 0. The lowest BCUT2D eigenvalue weighted by molar-refractivity contribution is -0.122. The van der Waals surface area contributed by atoms with E-state index in [1.807, 2.05) is 30.3 Å². The molecule has 0 bridgehead atoms. The van der Waals surface area contributed by atoms with Crippen molar-refractivity contribution in [3.05, 3.63) is 41.3 Å². The number of likely N-dealkylation sites (N-methyl/N-ethyl adjacent to an activating group) is 1. The van der Waals surface area contributed by atoms with Gasteiger partial charge in [-0.3, -0.25) is 4.79 Å². The Labute approximate surface area is 144 Å². The van der Waals surface area contributed by atoms with Crippen LogP contribution in [-0.2, 0) is 14.8 Å². The maximum atomic E-state index is 12.3. The summed E-state index contributed by atoms with van der Waals surface area (Å²) < 4.78 is 25.6. The highest BCUT2D eigenvalue weighted by molar-refractivity contribution is 7.92. The van der Waals surface area contributed by atoms with Crippen LogP contribution < -0.4 is 5.32 Å². The Hall–Kier alpha value is -1.66. The number of carbonyl (C=O) groups is 1. The maximum Gasteiger partial charge on any atom is 0.236 e. The van der Waals surface area contributed by atoms with E-state index in [4.69, 9.17) is 0 Å². The normalized spacial score (nSPS) is 22.0. The van der Waals surface area contributed by atoms with Crippen LogP contribution in [0.5, 0.6) is 0 Å². The van der Waals surface area contributed by atoms with E-state index in [2.05, 4.69) is 12.2 Å². The lowest BCUT2D eigenvalue weighted by atomic mass is 9.86. The summed E-state index contributed by atoms with van der Waals surface area (Å²) in [5, 5.41) is 4.11. The molecule has 1 aromatic carbocycles. The fourth-order valence-electron chi connectivity index (χ4n) is 2.91. The van der Waals surface area contributed by atoms with Gasteiger partial charge < -0.3 is 5.32 Å². The molecular weight excluding hydrogens is 324 g/mol. The molecule has 1 aliphatic rings. The third-order valence-corrected chi connectivity index (χ3v) is 5.97. The van der Waals surface area contributed by atoms with Gasteiger partial charge in [0.25, 0.3) is 0 Å². The molecule has 0 heterocycles. The zero-order chi connectivity index (χ0) is 17.6. The first kappa shape index (κ1) is 18.7. The van der Waals surface area contributed by atoms with Crippen LogP contribution in [0.3, 0.4) is 0 Å². The molecule has 1 aliphatic carbocycles. The molecule has 2 rings (SSSR count). The van der Waals surface area contributed by atoms with Crippen molar-refractivity contribution in [2.45, 2.75) is 38.6 Å². The number of benzene rings is 1. The molecule has 1 aromatic rings. The molecule has 6 heteroatoms. The fraction of sp³-hybridized carbons (Fsp3) is 0.500. The first-order valence-corrected chi connectivity index (χ1v) is 9.87. The second-order valence-electron chi connectivity index (χ2n) is 6.45. The van der Waals surface area contributed by atoms with Crippen molar-refractivity contribution in [2.24, 2.45) is 5.92 Å². The molecule has 1 N–H and O–H groups in total. The quantitative estimate of drug-likeness (QED) is 0.857. The van der Waals surface area contributed by atoms with Crippen LogP contribution in [-0.4, -0.2) is 38.3 Å². The van der Waals surface area contributed by atoms with E-state index in [9.17, 15) is 13.2 Å². The number of nitrogens with one attached hydrogen (secondary N) is 1. The predicted octanol–water partition coefficient (Wildman–Crippen LogP) is 2.61. The molecule has 5 nitrogen and oxygen atoms in total. The second kappa shape index (κ2) is 8.44. The number of nitrogens with zero attached hydrogens (tertiary/aromatic N) is 1. The van der Waals surface area contributed by atoms with Crippen LogP contribution >= 0.6 is 0 Å². The number of sulfonamides is 1. The molecule has 1 saturated carbocycles. The van der Waals surface area contributed by atoms with Gasteiger partial charge in [-0.1, -0.05) is 50.1 Å². The topological polar surface area (TPSA) is 66.5 Å². The third-order valence-electron chi connectivity index (χ3n) is 4.49. The zero-order valence-electron chi connectivity index (χ0n) is 14.3. The van der Waals surface area contributed by atoms with Crippen molar-refractivity contribution in [2.75, 3.05) is 13.6 Å². The maximum absolute atomic E-state index is 12.3. The molecule has 24 heavy (non-hydrogen) atoms. The van der Waals surface area contributed by atoms with Crippen LogP contribution in [0, 0.1) is 5.92 Å². The van der Waals surface area contributed by atoms with Crippen LogP contribution in [0.2, 0.25) is 0 Å². The first-order chi connectivity index (χ1) is 11.4. The lowest BCUT2D eigenvalue weighted by Gasteiger charge is -2.30. The Kier molecular flexibility index (Phi) is 6.57. The highest BCUT2D eigenvalue weighted by atomic mass is 32.2.